The van der Waals surface area contributed by atoms with Crippen LogP contribution < -0.4 is 16.4 Å². The summed E-state index contributed by atoms with van der Waals surface area (Å²) >= 11 is 0. The smallest absolute Gasteiger partial charge is 0.280 e. The van der Waals surface area contributed by atoms with Crippen LogP contribution in [-0.2, 0) is 9.59 Å². The van der Waals surface area contributed by atoms with E-state index in [1.807, 2.05) is 0 Å². The fourth-order valence-corrected chi connectivity index (χ4v) is 1.23. The van der Waals surface area contributed by atoms with Crippen LogP contribution >= 0.6 is 0 Å². The van der Waals surface area contributed by atoms with Gasteiger partial charge >= 0.3 is 0 Å². The van der Waals surface area contributed by atoms with Crippen LogP contribution in [0.25, 0.3) is 0 Å². The van der Waals surface area contributed by atoms with Crippen molar-refractivity contribution < 1.29 is 9.59 Å². The Labute approximate surface area is 79.0 Å². The molecule has 2 rings (SSSR count). The molecule has 2 N–H and O–H groups in total. The Bertz CT molecular complexity index is 521. The van der Waals surface area contributed by atoms with E-state index in [0.29, 0.717) is 10.7 Å². The summed E-state index contributed by atoms with van der Waals surface area (Å²) in [6.45, 7) is 0. The third-order valence-electron chi connectivity index (χ3n) is 1.88. The lowest BCUT2D eigenvalue weighted by Gasteiger charge is -2.06. The second kappa shape index (κ2) is 3.02. The van der Waals surface area contributed by atoms with Gasteiger partial charge in [0.15, 0.2) is 0 Å². The minimum atomic E-state index is -1.16. The van der Waals surface area contributed by atoms with Gasteiger partial charge in [0.05, 0.1) is 10.7 Å². The minimum absolute atomic E-state index is 0.481. The van der Waals surface area contributed by atoms with Gasteiger partial charge in [0.2, 0.25) is 6.04 Å². The van der Waals surface area contributed by atoms with Crippen molar-refractivity contribution in [3.8, 4) is 0 Å². The van der Waals surface area contributed by atoms with Gasteiger partial charge < -0.3 is 5.73 Å². The summed E-state index contributed by atoms with van der Waals surface area (Å²) in [6, 6.07) is 5.68. The summed E-state index contributed by atoms with van der Waals surface area (Å²) in [4.78, 5) is 29.7. The highest BCUT2D eigenvalue weighted by atomic mass is 16.2. The molecule has 70 valence electrons. The van der Waals surface area contributed by atoms with Gasteiger partial charge in [0, 0.05) is 0 Å². The number of rotatable bonds is 1. The monoisotopic (exact) mass is 189 g/mol. The number of carbonyl (C=O) groups excluding carboxylic acids is 2. The predicted molar refractivity (Wildman–Crippen MR) is 46.7 cm³/mol. The molecule has 14 heavy (non-hydrogen) atoms. The summed E-state index contributed by atoms with van der Waals surface area (Å²) in [5, 5.41) is 1.01. The van der Waals surface area contributed by atoms with E-state index < -0.39 is 17.9 Å². The van der Waals surface area contributed by atoms with Crippen molar-refractivity contribution >= 4 is 11.8 Å². The molecule has 1 unspecified atom stereocenters. The number of nitrogens with zero attached hydrogens (tertiary/aromatic N) is 2. The molecule has 1 aromatic rings. The van der Waals surface area contributed by atoms with Crippen LogP contribution in [0.5, 0.6) is 0 Å². The topological polar surface area (TPSA) is 84.9 Å². The highest BCUT2D eigenvalue weighted by molar-refractivity contribution is 6.04. The molecular formula is C9H7N3O2. The molecule has 0 saturated heterocycles. The SMILES string of the molecule is NC(=O)C1N=c2ccccc2=NC1=O. The zero-order valence-corrected chi connectivity index (χ0v) is 7.18. The van der Waals surface area contributed by atoms with Crippen LogP contribution in [0.4, 0.5) is 0 Å². The average molecular weight is 189 g/mol. The van der Waals surface area contributed by atoms with Gasteiger partial charge in [0.1, 0.15) is 0 Å². The van der Waals surface area contributed by atoms with Crippen LogP contribution in [0.3, 0.4) is 0 Å². The number of nitrogens with two attached hydrogens (primary N) is 1. The van der Waals surface area contributed by atoms with Crippen LogP contribution in [-0.4, -0.2) is 17.9 Å². The number of hydrogen-bond acceptors (Lipinski definition) is 3. The lowest BCUT2D eigenvalue weighted by atomic mass is 10.2. The number of amides is 2. The van der Waals surface area contributed by atoms with Crippen molar-refractivity contribution in [2.75, 3.05) is 0 Å². The number of primary amides is 1. The number of carbonyl (C=O) groups is 2. The zero-order chi connectivity index (χ0) is 10.1. The van der Waals surface area contributed by atoms with Crippen molar-refractivity contribution in [2.24, 2.45) is 15.7 Å². The summed E-state index contributed by atoms with van der Waals surface area (Å²) in [6.07, 6.45) is 0. The van der Waals surface area contributed by atoms with Gasteiger partial charge in [-0.15, -0.1) is 0 Å². The summed E-state index contributed by atoms with van der Waals surface area (Å²) < 4.78 is 0. The summed E-state index contributed by atoms with van der Waals surface area (Å²) in [5.74, 6) is -1.37. The van der Waals surface area contributed by atoms with E-state index in [1.54, 1.807) is 24.3 Å². The van der Waals surface area contributed by atoms with Crippen LogP contribution in [0.1, 0.15) is 0 Å². The minimum Gasteiger partial charge on any atom is -0.367 e. The third kappa shape index (κ3) is 1.28. The Morgan fingerprint density at radius 1 is 1.29 bits per heavy atom. The summed E-state index contributed by atoms with van der Waals surface area (Å²) in [5.41, 5.74) is 5.00. The maximum atomic E-state index is 11.2. The van der Waals surface area contributed by atoms with Crippen molar-refractivity contribution in [3.63, 3.8) is 0 Å². The normalized spacial score (nSPS) is 19.1. The Balaban J connectivity index is 2.67. The molecule has 2 amide bonds. The highest BCUT2D eigenvalue weighted by Crippen LogP contribution is 1.94. The van der Waals surface area contributed by atoms with Crippen molar-refractivity contribution in [1.29, 1.82) is 0 Å². The molecular weight excluding hydrogens is 182 g/mol. The highest BCUT2D eigenvalue weighted by Gasteiger charge is 2.24. The number of fused-ring (bicyclic) bond motifs is 1. The maximum absolute atomic E-state index is 11.2. The Hall–Kier alpha value is -2.04. The Kier molecular flexibility index (Phi) is 1.85. The molecule has 0 aromatic heterocycles. The first-order valence-corrected chi connectivity index (χ1v) is 4.03. The van der Waals surface area contributed by atoms with E-state index in [2.05, 4.69) is 9.98 Å². The van der Waals surface area contributed by atoms with Gasteiger partial charge in [-0.2, -0.15) is 0 Å². The van der Waals surface area contributed by atoms with Gasteiger partial charge in [0.25, 0.3) is 11.8 Å². The van der Waals surface area contributed by atoms with Crippen molar-refractivity contribution in [2.45, 2.75) is 6.04 Å². The first-order valence-electron chi connectivity index (χ1n) is 4.03. The first kappa shape index (κ1) is 8.55. The molecule has 0 bridgehead atoms. The average Bonchev–Trinajstić information content (AvgIpc) is 2.16. The largest absolute Gasteiger partial charge is 0.367 e. The van der Waals surface area contributed by atoms with Crippen LogP contribution in [0.2, 0.25) is 0 Å². The molecule has 0 spiro atoms. The van der Waals surface area contributed by atoms with Gasteiger partial charge in [-0.1, -0.05) is 12.1 Å². The molecule has 0 fully saturated rings. The second-order valence-electron chi connectivity index (χ2n) is 2.87. The molecule has 1 atom stereocenters. The maximum Gasteiger partial charge on any atom is 0.280 e. The van der Waals surface area contributed by atoms with E-state index >= 15 is 0 Å². The van der Waals surface area contributed by atoms with Gasteiger partial charge in [-0.05, 0) is 12.1 Å². The van der Waals surface area contributed by atoms with E-state index in [1.165, 1.54) is 0 Å². The third-order valence-corrected chi connectivity index (χ3v) is 1.88. The number of para-hydroxylation sites is 2. The quantitative estimate of drug-likeness (QED) is 0.535. The van der Waals surface area contributed by atoms with E-state index in [0.717, 1.165) is 0 Å². The fourth-order valence-electron chi connectivity index (χ4n) is 1.23. The van der Waals surface area contributed by atoms with E-state index in [4.69, 9.17) is 5.73 Å². The molecule has 5 heteroatoms. The molecule has 1 aromatic carbocycles. The molecule has 1 aliphatic heterocycles. The van der Waals surface area contributed by atoms with E-state index in [-0.39, 0.29) is 0 Å². The first-order chi connectivity index (χ1) is 6.68. The van der Waals surface area contributed by atoms with Crippen LogP contribution in [0, 0.1) is 0 Å². The molecule has 0 saturated carbocycles. The lowest BCUT2D eigenvalue weighted by molar-refractivity contribution is -0.127. The Morgan fingerprint density at radius 2 is 1.93 bits per heavy atom. The predicted octanol–water partition coefficient (Wildman–Crippen LogP) is -1.68. The van der Waals surface area contributed by atoms with Crippen LogP contribution in [0.15, 0.2) is 34.3 Å². The summed E-state index contributed by atoms with van der Waals surface area (Å²) in [7, 11) is 0. The lowest BCUT2D eigenvalue weighted by Crippen LogP contribution is -2.42. The van der Waals surface area contributed by atoms with Gasteiger partial charge in [-0.3, -0.25) is 14.6 Å². The van der Waals surface area contributed by atoms with Crippen molar-refractivity contribution in [3.05, 3.63) is 35.0 Å². The second-order valence-corrected chi connectivity index (χ2v) is 2.87. The molecule has 5 nitrogen and oxygen atoms in total. The number of benzene rings is 1. The van der Waals surface area contributed by atoms with Crippen molar-refractivity contribution in [1.82, 2.24) is 0 Å². The molecule has 1 aliphatic rings. The number of hydrogen-bond donors (Lipinski definition) is 1. The van der Waals surface area contributed by atoms with E-state index in [9.17, 15) is 9.59 Å². The standard InChI is InChI=1S/C9H7N3O2/c10-8(13)7-9(14)12-6-4-2-1-3-5(6)11-7/h1-4,7H,(H2,10,13). The fraction of sp³-hybridized carbons (Fsp3) is 0.111. The Morgan fingerprint density at radius 3 is 2.57 bits per heavy atom. The zero-order valence-electron chi connectivity index (χ0n) is 7.18. The molecule has 1 heterocycles. The van der Waals surface area contributed by atoms with Gasteiger partial charge in [-0.25, -0.2) is 4.99 Å². The molecule has 0 aliphatic carbocycles. The molecule has 0 radical (unpaired) electrons.